The van der Waals surface area contributed by atoms with Crippen LogP contribution in [0, 0.1) is 5.82 Å². The van der Waals surface area contributed by atoms with E-state index >= 15 is 0 Å². The summed E-state index contributed by atoms with van der Waals surface area (Å²) >= 11 is 12.3. The average molecular weight is 509 g/mol. The third-order valence-electron chi connectivity index (χ3n) is 6.13. The molecule has 3 aromatic carbocycles. The van der Waals surface area contributed by atoms with Crippen LogP contribution in [0.25, 0.3) is 16.9 Å². The molecule has 0 N–H and O–H groups in total. The minimum Gasteiger partial charge on any atom is -0.335 e. The maximum atomic E-state index is 14.5. The largest absolute Gasteiger partial charge is 0.335 e. The predicted octanol–water partition coefficient (Wildman–Crippen LogP) is 5.94. The number of rotatable bonds is 5. The Morgan fingerprint density at radius 3 is 2.29 bits per heavy atom. The molecule has 35 heavy (non-hydrogen) atoms. The molecule has 0 aliphatic carbocycles. The van der Waals surface area contributed by atoms with E-state index in [1.165, 1.54) is 16.3 Å². The molecule has 5 rings (SSSR count). The lowest BCUT2D eigenvalue weighted by atomic mass is 10.1. The normalized spacial score (nSPS) is 14.3. The Morgan fingerprint density at radius 1 is 0.857 bits per heavy atom. The van der Waals surface area contributed by atoms with Gasteiger partial charge in [0.05, 0.1) is 21.4 Å². The van der Waals surface area contributed by atoms with Crippen molar-refractivity contribution in [2.24, 2.45) is 0 Å². The highest BCUT2D eigenvalue weighted by Crippen LogP contribution is 2.28. The zero-order valence-electron chi connectivity index (χ0n) is 18.9. The lowest BCUT2D eigenvalue weighted by Crippen LogP contribution is -2.48. The Bertz CT molecular complexity index is 1350. The van der Waals surface area contributed by atoms with E-state index in [4.69, 9.17) is 23.2 Å². The van der Waals surface area contributed by atoms with E-state index in [9.17, 15) is 9.18 Å². The number of hydrogen-bond donors (Lipinski definition) is 0. The molecule has 0 atom stereocenters. The van der Waals surface area contributed by atoms with E-state index in [1.54, 1.807) is 42.5 Å². The van der Waals surface area contributed by atoms with E-state index in [2.05, 4.69) is 22.1 Å². The Hall–Kier alpha value is -3.19. The Kier molecular flexibility index (Phi) is 6.86. The zero-order chi connectivity index (χ0) is 24.4. The molecule has 0 radical (unpaired) electrons. The Labute approximate surface area is 213 Å². The monoisotopic (exact) mass is 508 g/mol. The van der Waals surface area contributed by atoms with Crippen molar-refractivity contribution < 1.29 is 9.18 Å². The highest BCUT2D eigenvalue weighted by atomic mass is 35.5. The lowest BCUT2D eigenvalue weighted by molar-refractivity contribution is 0.0619. The van der Waals surface area contributed by atoms with Gasteiger partial charge in [-0.25, -0.2) is 9.07 Å². The molecule has 0 bridgehead atoms. The van der Waals surface area contributed by atoms with Crippen molar-refractivity contribution in [3.8, 4) is 16.9 Å². The number of nitrogens with zero attached hydrogens (tertiary/aromatic N) is 4. The van der Waals surface area contributed by atoms with Crippen molar-refractivity contribution in [3.63, 3.8) is 0 Å². The molecule has 0 spiro atoms. The third-order valence-corrected chi connectivity index (χ3v) is 6.87. The molecule has 1 fully saturated rings. The molecule has 5 nitrogen and oxygen atoms in total. The summed E-state index contributed by atoms with van der Waals surface area (Å²) in [6.45, 7) is 3.56. The molecular weight excluding hydrogens is 486 g/mol. The fraction of sp³-hybridized carbons (Fsp3) is 0.185. The Morgan fingerprint density at radius 2 is 1.57 bits per heavy atom. The van der Waals surface area contributed by atoms with Crippen LogP contribution >= 0.6 is 23.2 Å². The topological polar surface area (TPSA) is 41.4 Å². The van der Waals surface area contributed by atoms with Crippen LogP contribution in [0.5, 0.6) is 0 Å². The van der Waals surface area contributed by atoms with Gasteiger partial charge in [-0.2, -0.15) is 5.10 Å². The van der Waals surface area contributed by atoms with Crippen LogP contribution < -0.4 is 0 Å². The first-order valence-corrected chi connectivity index (χ1v) is 12.1. The van der Waals surface area contributed by atoms with Gasteiger partial charge in [-0.3, -0.25) is 9.69 Å². The van der Waals surface area contributed by atoms with Crippen LogP contribution in [-0.4, -0.2) is 51.7 Å². The van der Waals surface area contributed by atoms with Gasteiger partial charge in [-0.05, 0) is 42.0 Å². The summed E-state index contributed by atoms with van der Waals surface area (Å²) in [6.07, 6.45) is 0. The maximum absolute atomic E-state index is 14.5. The lowest BCUT2D eigenvalue weighted by Gasteiger charge is -2.34. The van der Waals surface area contributed by atoms with Gasteiger partial charge in [0.2, 0.25) is 0 Å². The highest BCUT2D eigenvalue weighted by molar-refractivity contribution is 6.42. The van der Waals surface area contributed by atoms with Crippen LogP contribution in [0.15, 0.2) is 78.9 Å². The summed E-state index contributed by atoms with van der Waals surface area (Å²) in [5.41, 5.74) is 2.87. The predicted molar refractivity (Wildman–Crippen MR) is 137 cm³/mol. The standard InChI is InChI=1S/C27H23Cl2FN4O/c28-22-11-10-20(16-23(22)29)34-26(17-25(31-34)21-8-4-5-9-24(21)30)27(35)33-14-12-32(13-15-33)18-19-6-2-1-3-7-19/h1-11,16-17H,12-15,18H2. The van der Waals surface area contributed by atoms with Crippen molar-refractivity contribution in [1.29, 1.82) is 0 Å². The number of benzene rings is 3. The first-order chi connectivity index (χ1) is 17.0. The van der Waals surface area contributed by atoms with Crippen molar-refractivity contribution >= 4 is 29.1 Å². The smallest absolute Gasteiger partial charge is 0.272 e. The maximum Gasteiger partial charge on any atom is 0.272 e. The molecule has 8 heteroatoms. The van der Waals surface area contributed by atoms with Gasteiger partial charge in [0, 0.05) is 38.3 Å². The quantitative estimate of drug-likeness (QED) is 0.334. The van der Waals surface area contributed by atoms with Gasteiger partial charge in [-0.15, -0.1) is 0 Å². The van der Waals surface area contributed by atoms with Gasteiger partial charge in [0.1, 0.15) is 11.5 Å². The van der Waals surface area contributed by atoms with Crippen molar-refractivity contribution in [2.45, 2.75) is 6.54 Å². The summed E-state index contributed by atoms with van der Waals surface area (Å²) in [5.74, 6) is -0.565. The molecule has 0 saturated carbocycles. The molecule has 4 aromatic rings. The van der Waals surface area contributed by atoms with Gasteiger partial charge in [0.25, 0.3) is 5.91 Å². The van der Waals surface area contributed by atoms with E-state index in [-0.39, 0.29) is 5.91 Å². The molecular formula is C27H23Cl2FN4O. The van der Waals surface area contributed by atoms with Crippen molar-refractivity contribution in [3.05, 3.63) is 106 Å². The van der Waals surface area contributed by atoms with Gasteiger partial charge >= 0.3 is 0 Å². The summed E-state index contributed by atoms with van der Waals surface area (Å²) in [6, 6.07) is 23.4. The van der Waals surface area contributed by atoms with Gasteiger partial charge in [-0.1, -0.05) is 65.7 Å². The summed E-state index contributed by atoms with van der Waals surface area (Å²) in [5, 5.41) is 5.34. The summed E-state index contributed by atoms with van der Waals surface area (Å²) < 4.78 is 16.0. The van der Waals surface area contributed by atoms with Crippen molar-refractivity contribution in [2.75, 3.05) is 26.2 Å². The number of carbonyl (C=O) groups is 1. The van der Waals surface area contributed by atoms with Crippen LogP contribution in [0.1, 0.15) is 16.1 Å². The minimum atomic E-state index is -0.403. The average Bonchev–Trinajstić information content (AvgIpc) is 3.32. The second-order valence-electron chi connectivity index (χ2n) is 8.46. The zero-order valence-corrected chi connectivity index (χ0v) is 20.4. The summed E-state index contributed by atoms with van der Waals surface area (Å²) in [4.78, 5) is 17.8. The minimum absolute atomic E-state index is 0.162. The molecule has 1 saturated heterocycles. The van der Waals surface area contributed by atoms with E-state index in [0.29, 0.717) is 45.8 Å². The van der Waals surface area contributed by atoms with Gasteiger partial charge in [0.15, 0.2) is 0 Å². The Balaban J connectivity index is 1.42. The number of halogens is 3. The van der Waals surface area contributed by atoms with Gasteiger partial charge < -0.3 is 4.90 Å². The number of hydrogen-bond acceptors (Lipinski definition) is 3. The van der Waals surface area contributed by atoms with Crippen LogP contribution in [0.2, 0.25) is 10.0 Å². The molecule has 0 unspecified atom stereocenters. The summed E-state index contributed by atoms with van der Waals surface area (Å²) in [7, 11) is 0. The van der Waals surface area contributed by atoms with Crippen LogP contribution in [0.4, 0.5) is 4.39 Å². The van der Waals surface area contributed by atoms with Crippen molar-refractivity contribution in [1.82, 2.24) is 19.6 Å². The highest BCUT2D eigenvalue weighted by Gasteiger charge is 2.27. The number of amides is 1. The number of piperazine rings is 1. The molecule has 1 aliphatic rings. The second kappa shape index (κ2) is 10.2. The first-order valence-electron chi connectivity index (χ1n) is 11.4. The molecule has 1 aliphatic heterocycles. The van der Waals surface area contributed by atoms with Crippen LogP contribution in [0.3, 0.4) is 0 Å². The number of carbonyl (C=O) groups excluding carboxylic acids is 1. The van der Waals surface area contributed by atoms with E-state index in [0.717, 1.165) is 19.6 Å². The van der Waals surface area contributed by atoms with E-state index in [1.807, 2.05) is 23.1 Å². The fourth-order valence-corrected chi connectivity index (χ4v) is 4.55. The third kappa shape index (κ3) is 5.10. The molecule has 178 valence electrons. The first kappa shape index (κ1) is 23.5. The van der Waals surface area contributed by atoms with Crippen LogP contribution in [-0.2, 0) is 6.54 Å². The van der Waals surface area contributed by atoms with E-state index < -0.39 is 5.82 Å². The molecule has 2 heterocycles. The SMILES string of the molecule is O=C(c1cc(-c2ccccc2F)nn1-c1ccc(Cl)c(Cl)c1)N1CCN(Cc2ccccc2)CC1. The molecule has 1 amide bonds. The number of aromatic nitrogens is 2. The fourth-order valence-electron chi connectivity index (χ4n) is 4.26. The second-order valence-corrected chi connectivity index (χ2v) is 9.27. The molecule has 1 aromatic heterocycles.